The van der Waals surface area contributed by atoms with E-state index in [1.165, 1.54) is 12.8 Å². The smallest absolute Gasteiger partial charge is 0.0658 e. The van der Waals surface area contributed by atoms with Crippen molar-refractivity contribution in [3.8, 4) is 0 Å². The fourth-order valence-corrected chi connectivity index (χ4v) is 2.52. The summed E-state index contributed by atoms with van der Waals surface area (Å²) in [5.74, 6) is 0.701. The minimum atomic E-state index is 0.332. The largest absolute Gasteiger partial charge is 0.378 e. The van der Waals surface area contributed by atoms with E-state index in [1.807, 2.05) is 0 Å². The molecule has 1 aliphatic rings. The summed E-state index contributed by atoms with van der Waals surface area (Å²) in [6.45, 7) is 14.4. The van der Waals surface area contributed by atoms with Crippen LogP contribution in [0.1, 0.15) is 54.4 Å². The van der Waals surface area contributed by atoms with Crippen molar-refractivity contribution >= 4 is 0 Å². The zero-order valence-electron chi connectivity index (χ0n) is 11.8. The molecule has 2 heteroatoms. The summed E-state index contributed by atoms with van der Waals surface area (Å²) in [6.07, 6.45) is 2.83. The molecule has 1 fully saturated rings. The topological polar surface area (TPSA) is 21.3 Å². The molecule has 0 aromatic carbocycles. The fourth-order valence-electron chi connectivity index (χ4n) is 2.52. The van der Waals surface area contributed by atoms with Crippen molar-refractivity contribution in [3.63, 3.8) is 0 Å². The van der Waals surface area contributed by atoms with Gasteiger partial charge in [0.15, 0.2) is 0 Å². The Kier molecular flexibility index (Phi) is 4.81. The summed E-state index contributed by atoms with van der Waals surface area (Å²) in [5.41, 5.74) is 0.332. The average Bonchev–Trinajstić information content (AvgIpc) is 2.26. The highest BCUT2D eigenvalue weighted by molar-refractivity contribution is 5.05. The van der Waals surface area contributed by atoms with Crippen molar-refractivity contribution in [2.75, 3.05) is 6.61 Å². The molecule has 4 unspecified atom stereocenters. The molecule has 0 radical (unpaired) electrons. The maximum Gasteiger partial charge on any atom is 0.0658 e. The van der Waals surface area contributed by atoms with Gasteiger partial charge in [-0.05, 0) is 32.6 Å². The summed E-state index contributed by atoms with van der Waals surface area (Å²) < 4.78 is 5.82. The van der Waals surface area contributed by atoms with Crippen LogP contribution >= 0.6 is 0 Å². The molecule has 0 heterocycles. The first-order valence-electron chi connectivity index (χ1n) is 6.83. The Morgan fingerprint density at radius 2 is 1.94 bits per heavy atom. The lowest BCUT2D eigenvalue weighted by Crippen LogP contribution is -2.64. The summed E-state index contributed by atoms with van der Waals surface area (Å²) in [6, 6.07) is 1.23. The second-order valence-electron chi connectivity index (χ2n) is 5.79. The average molecular weight is 227 g/mol. The predicted molar refractivity (Wildman–Crippen MR) is 69.7 cm³/mol. The minimum Gasteiger partial charge on any atom is -0.378 e. The van der Waals surface area contributed by atoms with Crippen LogP contribution in [-0.4, -0.2) is 24.8 Å². The van der Waals surface area contributed by atoms with Crippen LogP contribution in [0.25, 0.3) is 0 Å². The molecule has 0 spiro atoms. The number of ether oxygens (including phenoxy) is 1. The molecule has 0 saturated heterocycles. The predicted octanol–water partition coefficient (Wildman–Crippen LogP) is 3.21. The maximum atomic E-state index is 5.82. The monoisotopic (exact) mass is 227 g/mol. The number of hydrogen-bond acceptors (Lipinski definition) is 2. The third-order valence-electron chi connectivity index (χ3n) is 4.58. The van der Waals surface area contributed by atoms with E-state index in [1.54, 1.807) is 0 Å². The van der Waals surface area contributed by atoms with E-state index in [0.717, 1.165) is 6.61 Å². The zero-order valence-corrected chi connectivity index (χ0v) is 11.8. The summed E-state index contributed by atoms with van der Waals surface area (Å²) in [4.78, 5) is 0. The molecule has 96 valence electrons. The van der Waals surface area contributed by atoms with Crippen LogP contribution in [0.5, 0.6) is 0 Å². The van der Waals surface area contributed by atoms with Gasteiger partial charge >= 0.3 is 0 Å². The van der Waals surface area contributed by atoms with Crippen LogP contribution in [0.15, 0.2) is 0 Å². The van der Waals surface area contributed by atoms with Crippen molar-refractivity contribution in [2.45, 2.75) is 72.6 Å². The maximum absolute atomic E-state index is 5.82. The molecule has 0 aromatic rings. The first-order chi connectivity index (χ1) is 7.45. The van der Waals surface area contributed by atoms with Gasteiger partial charge in [0.25, 0.3) is 0 Å². The number of nitrogens with one attached hydrogen (secondary N) is 1. The van der Waals surface area contributed by atoms with Gasteiger partial charge in [-0.1, -0.05) is 27.7 Å². The normalized spacial score (nSPS) is 36.2. The summed E-state index contributed by atoms with van der Waals surface area (Å²) >= 11 is 0. The van der Waals surface area contributed by atoms with E-state index in [0.29, 0.717) is 29.5 Å². The molecule has 2 nitrogen and oxygen atoms in total. The summed E-state index contributed by atoms with van der Waals surface area (Å²) in [7, 11) is 0. The third kappa shape index (κ3) is 2.60. The van der Waals surface area contributed by atoms with E-state index in [4.69, 9.17) is 4.74 Å². The Morgan fingerprint density at radius 1 is 1.31 bits per heavy atom. The lowest BCUT2D eigenvalue weighted by atomic mass is 9.61. The summed E-state index contributed by atoms with van der Waals surface area (Å²) in [5, 5.41) is 3.77. The Hall–Kier alpha value is -0.0800. The zero-order chi connectivity index (χ0) is 12.3. The number of hydrogen-bond donors (Lipinski definition) is 1. The van der Waals surface area contributed by atoms with Gasteiger partial charge in [0.1, 0.15) is 0 Å². The Bertz CT molecular complexity index is 217. The van der Waals surface area contributed by atoms with Gasteiger partial charge in [-0.15, -0.1) is 0 Å². The lowest BCUT2D eigenvalue weighted by Gasteiger charge is -2.54. The van der Waals surface area contributed by atoms with E-state index >= 15 is 0 Å². The molecule has 0 aliphatic heterocycles. The molecule has 1 N–H and O–H groups in total. The van der Waals surface area contributed by atoms with E-state index in [9.17, 15) is 0 Å². The van der Waals surface area contributed by atoms with Crippen molar-refractivity contribution in [1.82, 2.24) is 5.32 Å². The van der Waals surface area contributed by atoms with Gasteiger partial charge in [-0.25, -0.2) is 0 Å². The van der Waals surface area contributed by atoms with Gasteiger partial charge in [-0.2, -0.15) is 0 Å². The van der Waals surface area contributed by atoms with E-state index < -0.39 is 0 Å². The van der Waals surface area contributed by atoms with Crippen LogP contribution in [0.2, 0.25) is 0 Å². The van der Waals surface area contributed by atoms with Gasteiger partial charge in [0.2, 0.25) is 0 Å². The highest BCUT2D eigenvalue weighted by atomic mass is 16.5. The fraction of sp³-hybridized carbons (Fsp3) is 1.00. The van der Waals surface area contributed by atoms with Gasteiger partial charge in [0.05, 0.1) is 6.10 Å². The molecule has 0 aromatic heterocycles. The molecule has 1 rings (SSSR count). The molecule has 4 atom stereocenters. The quantitative estimate of drug-likeness (QED) is 0.752. The molecular formula is C14H29NO. The van der Waals surface area contributed by atoms with Gasteiger partial charge in [0, 0.05) is 24.1 Å². The molecular weight excluding hydrogens is 198 g/mol. The van der Waals surface area contributed by atoms with Crippen LogP contribution < -0.4 is 5.32 Å². The first kappa shape index (κ1) is 14.0. The minimum absolute atomic E-state index is 0.332. The van der Waals surface area contributed by atoms with Crippen molar-refractivity contribution in [2.24, 2.45) is 11.3 Å². The molecule has 1 saturated carbocycles. The van der Waals surface area contributed by atoms with E-state index in [-0.39, 0.29) is 0 Å². The van der Waals surface area contributed by atoms with Crippen LogP contribution in [0.4, 0.5) is 0 Å². The third-order valence-corrected chi connectivity index (χ3v) is 4.58. The highest BCUT2D eigenvalue weighted by Crippen LogP contribution is 2.46. The standard InChI is InChI=1S/C14H29NO/c1-7-14(6)12(9-13(14)16-8-2)15-11(5)10(3)4/h10-13,15H,7-9H2,1-6H3. The molecule has 1 aliphatic carbocycles. The Balaban J connectivity index is 2.51. The molecule has 0 amide bonds. The first-order valence-corrected chi connectivity index (χ1v) is 6.83. The SMILES string of the molecule is CCOC1CC(NC(C)C(C)C)C1(C)CC. The van der Waals surface area contributed by atoms with Crippen molar-refractivity contribution < 1.29 is 4.74 Å². The van der Waals surface area contributed by atoms with Crippen molar-refractivity contribution in [3.05, 3.63) is 0 Å². The Morgan fingerprint density at radius 3 is 2.38 bits per heavy atom. The van der Waals surface area contributed by atoms with Crippen LogP contribution in [-0.2, 0) is 4.74 Å². The molecule has 16 heavy (non-hydrogen) atoms. The number of rotatable bonds is 6. The highest BCUT2D eigenvalue weighted by Gasteiger charge is 2.51. The van der Waals surface area contributed by atoms with Crippen molar-refractivity contribution in [1.29, 1.82) is 0 Å². The second-order valence-corrected chi connectivity index (χ2v) is 5.79. The molecule has 0 bridgehead atoms. The van der Waals surface area contributed by atoms with Crippen LogP contribution in [0, 0.1) is 11.3 Å². The lowest BCUT2D eigenvalue weighted by molar-refractivity contribution is -0.128. The van der Waals surface area contributed by atoms with Gasteiger partial charge < -0.3 is 10.1 Å². The second kappa shape index (κ2) is 5.50. The van der Waals surface area contributed by atoms with Gasteiger partial charge in [-0.3, -0.25) is 0 Å². The van der Waals surface area contributed by atoms with E-state index in [2.05, 4.69) is 46.9 Å². The Labute approximate surface area is 101 Å². The van der Waals surface area contributed by atoms with Crippen LogP contribution in [0.3, 0.4) is 0 Å².